The van der Waals surface area contributed by atoms with Crippen molar-refractivity contribution in [3.05, 3.63) is 76.1 Å². The van der Waals surface area contributed by atoms with Gasteiger partial charge in [0, 0.05) is 50.8 Å². The molecule has 3 aromatic rings. The molecule has 5 heterocycles. The fourth-order valence-electron chi connectivity index (χ4n) is 6.16. The largest absolute Gasteiger partial charge is 0.477 e. The number of rotatable bonds is 8. The average Bonchev–Trinajstić information content (AvgIpc) is 3.02. The Labute approximate surface area is 245 Å². The summed E-state index contributed by atoms with van der Waals surface area (Å²) in [6, 6.07) is 8.04. The molecular weight excluding hydrogens is 535 g/mol. The van der Waals surface area contributed by atoms with E-state index in [9.17, 15) is 9.59 Å². The summed E-state index contributed by atoms with van der Waals surface area (Å²) in [5.74, 6) is 0.746. The lowest BCUT2D eigenvalue weighted by molar-refractivity contribution is 0.0978. The third kappa shape index (κ3) is 5.91. The Bertz CT molecular complexity index is 1490. The van der Waals surface area contributed by atoms with Gasteiger partial charge in [-0.15, -0.1) is 0 Å². The van der Waals surface area contributed by atoms with Gasteiger partial charge in [-0.2, -0.15) is 4.98 Å². The molecule has 1 unspecified atom stereocenters. The number of carbonyl (C=O) groups excluding carboxylic acids is 2. The van der Waals surface area contributed by atoms with Crippen molar-refractivity contribution in [2.75, 3.05) is 44.7 Å². The van der Waals surface area contributed by atoms with Crippen molar-refractivity contribution in [1.82, 2.24) is 25.2 Å². The van der Waals surface area contributed by atoms with Gasteiger partial charge in [-0.3, -0.25) is 9.59 Å². The summed E-state index contributed by atoms with van der Waals surface area (Å²) in [7, 11) is 2.15. The first-order valence-corrected chi connectivity index (χ1v) is 14.9. The van der Waals surface area contributed by atoms with Gasteiger partial charge in [-0.1, -0.05) is 13.0 Å². The van der Waals surface area contributed by atoms with E-state index in [0.29, 0.717) is 68.2 Å². The number of pyridine rings is 1. The predicted molar refractivity (Wildman–Crippen MR) is 156 cm³/mol. The van der Waals surface area contributed by atoms with Gasteiger partial charge in [0.15, 0.2) is 5.78 Å². The zero-order chi connectivity index (χ0) is 29.2. The minimum Gasteiger partial charge on any atom is -0.477 e. The van der Waals surface area contributed by atoms with E-state index in [4.69, 9.17) is 4.74 Å². The lowest BCUT2D eigenvalue weighted by Gasteiger charge is -2.32. The van der Waals surface area contributed by atoms with Crippen molar-refractivity contribution in [3.63, 3.8) is 0 Å². The summed E-state index contributed by atoms with van der Waals surface area (Å²) >= 11 is 0. The number of hydrogen-bond acceptors (Lipinski definition) is 9. The smallest absolute Gasteiger partial charge is 0.233 e. The van der Waals surface area contributed by atoms with Crippen LogP contribution in [0.3, 0.4) is 0 Å². The standard InChI is InChI=1S/C32H37FN6O3/c1-20(22-8-13-38(2)14-9-22)19-42-32-25-17-34-12-7-27(25)36-30(37-32)29(41)24-16-21(5-6-26(24)33)18-39-15-10-28(40)23-4-3-11-35-31(23)39/h3-6,11,16,20,22,34H,7-10,12-15,17-19H2,1-2H3. The van der Waals surface area contributed by atoms with Crippen LogP contribution in [-0.4, -0.2) is 71.3 Å². The molecule has 2 aromatic heterocycles. The monoisotopic (exact) mass is 572 g/mol. The minimum atomic E-state index is -0.627. The van der Waals surface area contributed by atoms with Gasteiger partial charge < -0.3 is 19.9 Å². The van der Waals surface area contributed by atoms with Crippen LogP contribution >= 0.6 is 0 Å². The number of piperidine rings is 1. The predicted octanol–water partition coefficient (Wildman–Crippen LogP) is 3.84. The van der Waals surface area contributed by atoms with Crippen LogP contribution in [0.5, 0.6) is 5.88 Å². The number of aromatic nitrogens is 3. The SMILES string of the molecule is CC(COc1nc(C(=O)c2cc(CN3CCC(=O)c4cccnc43)ccc2F)nc2c1CNCC2)C1CCN(C)CC1. The van der Waals surface area contributed by atoms with Crippen LogP contribution in [0.1, 0.15) is 69.5 Å². The molecule has 1 fully saturated rings. The van der Waals surface area contributed by atoms with Gasteiger partial charge in [0.2, 0.25) is 17.5 Å². The van der Waals surface area contributed by atoms with Crippen molar-refractivity contribution in [2.45, 2.75) is 45.7 Å². The molecule has 3 aliphatic heterocycles. The third-order valence-electron chi connectivity index (χ3n) is 8.79. The highest BCUT2D eigenvalue weighted by atomic mass is 19.1. The fourth-order valence-corrected chi connectivity index (χ4v) is 6.16. The second-order valence-electron chi connectivity index (χ2n) is 11.7. The second kappa shape index (κ2) is 12.2. The third-order valence-corrected chi connectivity index (χ3v) is 8.79. The number of halogens is 1. The molecule has 0 saturated carbocycles. The van der Waals surface area contributed by atoms with Crippen molar-refractivity contribution in [3.8, 4) is 5.88 Å². The van der Waals surface area contributed by atoms with E-state index in [1.807, 2.05) is 4.90 Å². The Balaban J connectivity index is 1.23. The molecule has 10 heteroatoms. The summed E-state index contributed by atoms with van der Waals surface area (Å²) in [6.07, 6.45) is 4.95. The fraction of sp³-hybridized carbons (Fsp3) is 0.469. The van der Waals surface area contributed by atoms with Crippen LogP contribution in [0.15, 0.2) is 36.5 Å². The molecule has 0 bridgehead atoms. The Morgan fingerprint density at radius 1 is 1.17 bits per heavy atom. The van der Waals surface area contributed by atoms with E-state index < -0.39 is 11.6 Å². The summed E-state index contributed by atoms with van der Waals surface area (Å²) in [6.45, 7) is 7.08. The van der Waals surface area contributed by atoms with Crippen molar-refractivity contribution in [2.24, 2.45) is 11.8 Å². The maximum atomic E-state index is 15.1. The first-order valence-electron chi connectivity index (χ1n) is 14.9. The molecule has 6 rings (SSSR count). The zero-order valence-electron chi connectivity index (χ0n) is 24.2. The highest BCUT2D eigenvalue weighted by molar-refractivity contribution is 6.07. The number of ketones is 2. The van der Waals surface area contributed by atoms with Crippen LogP contribution < -0.4 is 15.0 Å². The van der Waals surface area contributed by atoms with E-state index in [1.54, 1.807) is 30.5 Å². The van der Waals surface area contributed by atoms with Crippen LogP contribution in [0.4, 0.5) is 10.2 Å². The quantitative estimate of drug-likeness (QED) is 0.404. The maximum Gasteiger partial charge on any atom is 0.233 e. The number of Topliss-reactive ketones (excluding diaryl/α,β-unsaturated/α-hetero) is 1. The molecule has 3 aliphatic rings. The van der Waals surface area contributed by atoms with Gasteiger partial charge in [-0.05, 0) is 74.6 Å². The molecule has 220 valence electrons. The number of benzene rings is 1. The lowest BCUT2D eigenvalue weighted by Crippen LogP contribution is -2.34. The molecule has 0 spiro atoms. The van der Waals surface area contributed by atoms with Crippen molar-refractivity contribution >= 4 is 17.4 Å². The lowest BCUT2D eigenvalue weighted by atomic mass is 9.86. The first kappa shape index (κ1) is 28.4. The molecule has 0 aliphatic carbocycles. The van der Waals surface area contributed by atoms with Gasteiger partial charge >= 0.3 is 0 Å². The van der Waals surface area contributed by atoms with Gasteiger partial charge in [-0.25, -0.2) is 14.4 Å². The number of carbonyl (C=O) groups is 2. The van der Waals surface area contributed by atoms with E-state index >= 15 is 4.39 Å². The molecule has 42 heavy (non-hydrogen) atoms. The van der Waals surface area contributed by atoms with E-state index in [0.717, 1.165) is 49.3 Å². The topological polar surface area (TPSA) is 101 Å². The van der Waals surface area contributed by atoms with Crippen LogP contribution in [0.2, 0.25) is 0 Å². The maximum absolute atomic E-state index is 15.1. The molecular formula is C32H37FN6O3. The average molecular weight is 573 g/mol. The van der Waals surface area contributed by atoms with E-state index in [-0.39, 0.29) is 17.2 Å². The number of nitrogens with zero attached hydrogens (tertiary/aromatic N) is 5. The Morgan fingerprint density at radius 3 is 2.83 bits per heavy atom. The second-order valence-corrected chi connectivity index (χ2v) is 11.7. The summed E-state index contributed by atoms with van der Waals surface area (Å²) in [5, 5.41) is 3.34. The number of likely N-dealkylation sites (tertiary alicyclic amines) is 1. The van der Waals surface area contributed by atoms with Crippen molar-refractivity contribution in [1.29, 1.82) is 0 Å². The highest BCUT2D eigenvalue weighted by Gasteiger charge is 2.28. The van der Waals surface area contributed by atoms with Crippen molar-refractivity contribution < 1.29 is 18.7 Å². The first-order chi connectivity index (χ1) is 20.4. The normalized spacial score (nSPS) is 18.4. The van der Waals surface area contributed by atoms with Crippen LogP contribution in [-0.2, 0) is 19.5 Å². The van der Waals surface area contributed by atoms with Crippen LogP contribution in [0.25, 0.3) is 0 Å². The Hall–Kier alpha value is -3.76. The molecule has 1 atom stereocenters. The number of hydrogen-bond donors (Lipinski definition) is 1. The van der Waals surface area contributed by atoms with E-state index in [1.165, 1.54) is 6.07 Å². The van der Waals surface area contributed by atoms with Gasteiger partial charge in [0.25, 0.3) is 0 Å². The molecule has 0 amide bonds. The summed E-state index contributed by atoms with van der Waals surface area (Å²) in [4.78, 5) is 43.9. The minimum absolute atomic E-state index is 0.0516. The molecule has 1 aromatic carbocycles. The molecule has 1 N–H and O–H groups in total. The van der Waals surface area contributed by atoms with Gasteiger partial charge in [0.1, 0.15) is 11.6 Å². The summed E-state index contributed by atoms with van der Waals surface area (Å²) in [5.41, 5.74) is 2.87. The summed E-state index contributed by atoms with van der Waals surface area (Å²) < 4.78 is 21.4. The Kier molecular flexibility index (Phi) is 8.26. The zero-order valence-corrected chi connectivity index (χ0v) is 24.2. The molecule has 1 saturated heterocycles. The van der Waals surface area contributed by atoms with Crippen LogP contribution in [0, 0.1) is 17.7 Å². The van der Waals surface area contributed by atoms with E-state index in [2.05, 4.69) is 39.1 Å². The Morgan fingerprint density at radius 2 is 2.00 bits per heavy atom. The molecule has 9 nitrogen and oxygen atoms in total. The number of anilines is 1. The number of ether oxygens (including phenoxy) is 1. The number of fused-ring (bicyclic) bond motifs is 2. The van der Waals surface area contributed by atoms with Gasteiger partial charge in [0.05, 0.1) is 23.4 Å². The highest BCUT2D eigenvalue weighted by Crippen LogP contribution is 2.29. The molecule has 0 radical (unpaired) electrons. The number of nitrogens with one attached hydrogen (secondary N) is 1.